The van der Waals surface area contributed by atoms with Crippen LogP contribution in [0.5, 0.6) is 0 Å². The number of rotatable bonds is 3. The molecule has 2 rings (SSSR count). The van der Waals surface area contributed by atoms with Gasteiger partial charge in [-0.15, -0.1) is 11.3 Å². The minimum atomic E-state index is -0.636. The highest BCUT2D eigenvalue weighted by Crippen LogP contribution is 2.40. The molecular formula is C14H12F2N2S. The third kappa shape index (κ3) is 2.45. The van der Waals surface area contributed by atoms with Crippen molar-refractivity contribution in [2.24, 2.45) is 0 Å². The second kappa shape index (κ2) is 5.37. The minimum Gasteiger partial charge on any atom is -0.397 e. The number of anilines is 1. The quantitative estimate of drug-likeness (QED) is 0.918. The van der Waals surface area contributed by atoms with Crippen molar-refractivity contribution in [1.82, 2.24) is 0 Å². The van der Waals surface area contributed by atoms with Crippen molar-refractivity contribution in [2.75, 3.05) is 5.73 Å². The lowest BCUT2D eigenvalue weighted by Crippen LogP contribution is -1.94. The molecule has 0 aliphatic rings. The molecule has 19 heavy (non-hydrogen) atoms. The summed E-state index contributed by atoms with van der Waals surface area (Å²) in [5, 5.41) is 9.01. The zero-order valence-corrected chi connectivity index (χ0v) is 11.2. The van der Waals surface area contributed by atoms with Crippen LogP contribution in [0.3, 0.4) is 0 Å². The summed E-state index contributed by atoms with van der Waals surface area (Å²) in [6.45, 7) is 1.98. The maximum Gasteiger partial charge on any atom is 0.134 e. The van der Waals surface area contributed by atoms with Crippen molar-refractivity contribution in [2.45, 2.75) is 19.8 Å². The Morgan fingerprint density at radius 3 is 2.68 bits per heavy atom. The SMILES string of the molecule is CCCc1c(-c2ccc(F)cc2F)sc(C#N)c1N. The highest BCUT2D eigenvalue weighted by molar-refractivity contribution is 7.16. The van der Waals surface area contributed by atoms with Gasteiger partial charge in [-0.3, -0.25) is 0 Å². The molecule has 0 saturated heterocycles. The summed E-state index contributed by atoms with van der Waals surface area (Å²) in [6.07, 6.45) is 1.50. The summed E-state index contributed by atoms with van der Waals surface area (Å²) in [5.74, 6) is -1.26. The molecule has 1 heterocycles. The molecule has 2 nitrogen and oxygen atoms in total. The molecule has 98 valence electrons. The second-order valence-electron chi connectivity index (χ2n) is 4.14. The normalized spacial score (nSPS) is 10.4. The summed E-state index contributed by atoms with van der Waals surface area (Å²) >= 11 is 1.15. The van der Waals surface area contributed by atoms with E-state index < -0.39 is 11.6 Å². The largest absolute Gasteiger partial charge is 0.397 e. The molecule has 0 amide bonds. The fraction of sp³-hybridized carbons (Fsp3) is 0.214. The van der Waals surface area contributed by atoms with Gasteiger partial charge >= 0.3 is 0 Å². The maximum atomic E-state index is 13.8. The van der Waals surface area contributed by atoms with Crippen LogP contribution in [-0.4, -0.2) is 0 Å². The van der Waals surface area contributed by atoms with Gasteiger partial charge in [-0.25, -0.2) is 8.78 Å². The molecule has 0 fully saturated rings. The number of thiophene rings is 1. The Hall–Kier alpha value is -1.93. The van der Waals surface area contributed by atoms with E-state index in [1.54, 1.807) is 0 Å². The van der Waals surface area contributed by atoms with Crippen LogP contribution < -0.4 is 5.73 Å². The molecule has 1 aromatic heterocycles. The first kappa shape index (κ1) is 13.5. The van der Waals surface area contributed by atoms with E-state index in [0.717, 1.165) is 29.4 Å². The van der Waals surface area contributed by atoms with Gasteiger partial charge in [0.15, 0.2) is 0 Å². The Morgan fingerprint density at radius 2 is 2.11 bits per heavy atom. The molecule has 0 aliphatic carbocycles. The first-order chi connectivity index (χ1) is 9.08. The van der Waals surface area contributed by atoms with Crippen molar-refractivity contribution in [3.63, 3.8) is 0 Å². The Kier molecular flexibility index (Phi) is 3.82. The predicted molar refractivity (Wildman–Crippen MR) is 72.8 cm³/mol. The molecule has 0 radical (unpaired) electrons. The van der Waals surface area contributed by atoms with Crippen LogP contribution in [0.25, 0.3) is 10.4 Å². The van der Waals surface area contributed by atoms with E-state index in [4.69, 9.17) is 11.0 Å². The van der Waals surface area contributed by atoms with Crippen LogP contribution in [0.1, 0.15) is 23.8 Å². The molecule has 0 aliphatic heterocycles. The standard InChI is InChI=1S/C14H12F2N2S/c1-2-3-10-13(18)12(7-17)19-14(10)9-5-4-8(15)6-11(9)16/h4-6H,2-3,18H2,1H3. The number of hydrogen-bond acceptors (Lipinski definition) is 3. The average molecular weight is 278 g/mol. The fourth-order valence-electron chi connectivity index (χ4n) is 1.95. The van der Waals surface area contributed by atoms with Crippen LogP contribution in [0.4, 0.5) is 14.5 Å². The molecule has 0 spiro atoms. The van der Waals surface area contributed by atoms with Crippen molar-refractivity contribution >= 4 is 17.0 Å². The van der Waals surface area contributed by atoms with Gasteiger partial charge in [-0.2, -0.15) is 5.26 Å². The van der Waals surface area contributed by atoms with Crippen LogP contribution in [0.15, 0.2) is 18.2 Å². The number of halogens is 2. The number of nitriles is 1. The van der Waals surface area contributed by atoms with Crippen LogP contribution in [0, 0.1) is 23.0 Å². The zero-order chi connectivity index (χ0) is 14.0. The van der Waals surface area contributed by atoms with Gasteiger partial charge in [0.1, 0.15) is 22.6 Å². The lowest BCUT2D eigenvalue weighted by Gasteiger charge is -2.05. The van der Waals surface area contributed by atoms with Gasteiger partial charge < -0.3 is 5.73 Å². The summed E-state index contributed by atoms with van der Waals surface area (Å²) < 4.78 is 26.8. The topological polar surface area (TPSA) is 49.8 Å². The van der Waals surface area contributed by atoms with E-state index in [2.05, 4.69) is 0 Å². The molecule has 2 N–H and O–H groups in total. The van der Waals surface area contributed by atoms with E-state index in [1.807, 2.05) is 13.0 Å². The van der Waals surface area contributed by atoms with Crippen molar-refractivity contribution in [1.29, 1.82) is 5.26 Å². The zero-order valence-electron chi connectivity index (χ0n) is 10.3. The summed E-state index contributed by atoms with van der Waals surface area (Å²) in [4.78, 5) is 0.996. The van der Waals surface area contributed by atoms with Crippen LogP contribution >= 0.6 is 11.3 Å². The number of nitrogen functional groups attached to an aromatic ring is 1. The number of nitrogens with zero attached hydrogens (tertiary/aromatic N) is 1. The molecule has 2 aromatic rings. The molecule has 1 aromatic carbocycles. The summed E-state index contributed by atoms with van der Waals surface area (Å²) in [6, 6.07) is 5.44. The molecule has 5 heteroatoms. The molecule has 0 unspecified atom stereocenters. The van der Waals surface area contributed by atoms with Crippen LogP contribution in [-0.2, 0) is 6.42 Å². The molecular weight excluding hydrogens is 266 g/mol. The summed E-state index contributed by atoms with van der Waals surface area (Å²) in [5.41, 5.74) is 7.39. The van der Waals surface area contributed by atoms with Gasteiger partial charge in [0.05, 0.1) is 5.69 Å². The maximum absolute atomic E-state index is 13.8. The van der Waals surface area contributed by atoms with Gasteiger partial charge in [0.25, 0.3) is 0 Å². The third-order valence-corrected chi connectivity index (χ3v) is 4.01. The van der Waals surface area contributed by atoms with Crippen molar-refractivity contribution in [3.8, 4) is 16.5 Å². The Balaban J connectivity index is 2.64. The first-order valence-electron chi connectivity index (χ1n) is 5.85. The van der Waals surface area contributed by atoms with E-state index in [1.165, 1.54) is 12.1 Å². The van der Waals surface area contributed by atoms with Gasteiger partial charge in [0.2, 0.25) is 0 Å². The van der Waals surface area contributed by atoms with Gasteiger partial charge in [0, 0.05) is 16.5 Å². The van der Waals surface area contributed by atoms with Gasteiger partial charge in [-0.05, 0) is 24.1 Å². The monoisotopic (exact) mass is 278 g/mol. The Labute approximate surface area is 114 Å². The van der Waals surface area contributed by atoms with E-state index in [9.17, 15) is 8.78 Å². The van der Waals surface area contributed by atoms with Crippen molar-refractivity contribution in [3.05, 3.63) is 40.3 Å². The first-order valence-corrected chi connectivity index (χ1v) is 6.66. The number of hydrogen-bond donors (Lipinski definition) is 1. The number of nitrogens with two attached hydrogens (primary N) is 1. The average Bonchev–Trinajstić information content (AvgIpc) is 2.68. The van der Waals surface area contributed by atoms with E-state index in [0.29, 0.717) is 27.4 Å². The lowest BCUT2D eigenvalue weighted by atomic mass is 10.0. The Bertz CT molecular complexity index is 656. The minimum absolute atomic E-state index is 0.294. The van der Waals surface area contributed by atoms with E-state index in [-0.39, 0.29) is 0 Å². The Morgan fingerprint density at radius 1 is 1.37 bits per heavy atom. The summed E-state index contributed by atoms with van der Waals surface area (Å²) in [7, 11) is 0. The molecule has 0 bridgehead atoms. The molecule has 0 atom stereocenters. The van der Waals surface area contributed by atoms with E-state index >= 15 is 0 Å². The second-order valence-corrected chi connectivity index (χ2v) is 5.16. The highest BCUT2D eigenvalue weighted by atomic mass is 32.1. The molecule has 0 saturated carbocycles. The van der Waals surface area contributed by atoms with Gasteiger partial charge in [-0.1, -0.05) is 13.3 Å². The third-order valence-electron chi connectivity index (χ3n) is 2.83. The smallest absolute Gasteiger partial charge is 0.134 e. The highest BCUT2D eigenvalue weighted by Gasteiger charge is 2.19. The lowest BCUT2D eigenvalue weighted by molar-refractivity contribution is 0.585. The fourth-order valence-corrected chi connectivity index (χ4v) is 3.04. The number of benzene rings is 1. The predicted octanol–water partition coefficient (Wildman–Crippen LogP) is 4.10. The van der Waals surface area contributed by atoms with Crippen molar-refractivity contribution < 1.29 is 8.78 Å². The van der Waals surface area contributed by atoms with Crippen LogP contribution in [0.2, 0.25) is 0 Å².